The van der Waals surface area contributed by atoms with Crippen LogP contribution < -0.4 is 16.2 Å². The zero-order chi connectivity index (χ0) is 11.6. The second kappa shape index (κ2) is 4.39. The van der Waals surface area contributed by atoms with E-state index in [9.17, 15) is 13.2 Å². The topological polar surface area (TPSA) is 74.2 Å². The number of ether oxygens (including phenoxy) is 1. The monoisotopic (exact) mass is 333 g/mol. The predicted octanol–water partition coefficient (Wildman–Crippen LogP) is 1.63. The summed E-state index contributed by atoms with van der Waals surface area (Å²) in [6.45, 7) is -0.0447. The van der Waals surface area contributed by atoms with Crippen LogP contribution in [0.5, 0.6) is 5.88 Å². The number of alkyl halides is 3. The number of hydrogen-bond donors (Lipinski definition) is 2. The average Bonchev–Trinajstić information content (AvgIpc) is 2.08. The van der Waals surface area contributed by atoms with Crippen LogP contribution in [0.4, 0.5) is 18.9 Å². The number of aromatic nitrogens is 1. The lowest BCUT2D eigenvalue weighted by Crippen LogP contribution is -2.19. The van der Waals surface area contributed by atoms with E-state index in [-0.39, 0.29) is 17.9 Å². The Morgan fingerprint density at radius 1 is 1.47 bits per heavy atom. The quantitative estimate of drug-likeness (QED) is 0.807. The Labute approximate surface area is 96.9 Å². The van der Waals surface area contributed by atoms with E-state index in [1.165, 1.54) is 0 Å². The molecule has 84 valence electrons. The Bertz CT molecular complexity index is 369. The molecule has 0 saturated carbocycles. The largest absolute Gasteiger partial charge is 0.574 e. The van der Waals surface area contributed by atoms with E-state index in [1.807, 2.05) is 0 Å². The Morgan fingerprint density at radius 2 is 2.07 bits per heavy atom. The third kappa shape index (κ3) is 3.38. The minimum Gasteiger partial charge on any atom is -0.396 e. The van der Waals surface area contributed by atoms with Gasteiger partial charge in [-0.3, -0.25) is 0 Å². The van der Waals surface area contributed by atoms with Crippen LogP contribution in [0.2, 0.25) is 0 Å². The van der Waals surface area contributed by atoms with E-state index in [1.54, 1.807) is 22.6 Å². The van der Waals surface area contributed by atoms with Crippen LogP contribution in [0, 0.1) is 3.57 Å². The van der Waals surface area contributed by atoms with Crippen molar-refractivity contribution < 1.29 is 17.9 Å². The molecular formula is C7H7F3IN3O. The maximum Gasteiger partial charge on any atom is 0.574 e. The molecule has 8 heteroatoms. The number of rotatable bonds is 2. The fraction of sp³-hybridized carbons (Fsp3) is 0.286. The van der Waals surface area contributed by atoms with Gasteiger partial charge in [0.2, 0.25) is 5.88 Å². The maximum atomic E-state index is 11.9. The molecule has 0 atom stereocenters. The number of nitrogens with two attached hydrogens (primary N) is 2. The van der Waals surface area contributed by atoms with Crippen molar-refractivity contribution in [2.75, 3.05) is 5.73 Å². The lowest BCUT2D eigenvalue weighted by atomic mass is 10.3. The molecule has 0 aliphatic rings. The third-order valence-electron chi connectivity index (χ3n) is 1.48. The molecule has 1 heterocycles. The minimum absolute atomic E-state index is 0.0447. The standard InChI is InChI=1S/C7H7F3IN3O/c8-7(9,10)15-5-1-3(11)6(13)4(2-12)14-5/h1H,2,12-13H2. The van der Waals surface area contributed by atoms with Crippen molar-refractivity contribution in [3.8, 4) is 5.88 Å². The van der Waals surface area contributed by atoms with Gasteiger partial charge in [-0.2, -0.15) is 0 Å². The zero-order valence-corrected chi connectivity index (χ0v) is 9.46. The molecule has 0 amide bonds. The van der Waals surface area contributed by atoms with Crippen molar-refractivity contribution in [3.05, 3.63) is 15.3 Å². The van der Waals surface area contributed by atoms with Gasteiger partial charge in [-0.25, -0.2) is 4.98 Å². The summed E-state index contributed by atoms with van der Waals surface area (Å²) < 4.78 is 39.7. The molecule has 0 spiro atoms. The van der Waals surface area contributed by atoms with E-state index in [0.717, 1.165) is 6.07 Å². The molecule has 1 aromatic heterocycles. The van der Waals surface area contributed by atoms with Gasteiger partial charge in [0.1, 0.15) is 0 Å². The summed E-state index contributed by atoms with van der Waals surface area (Å²) in [5, 5.41) is 0. The molecule has 0 unspecified atom stereocenters. The summed E-state index contributed by atoms with van der Waals surface area (Å²) in [6.07, 6.45) is -4.77. The molecular weight excluding hydrogens is 326 g/mol. The number of hydrogen-bond acceptors (Lipinski definition) is 4. The van der Waals surface area contributed by atoms with Crippen molar-refractivity contribution in [2.45, 2.75) is 12.9 Å². The second-order valence-electron chi connectivity index (χ2n) is 2.55. The summed E-state index contributed by atoms with van der Waals surface area (Å²) in [5.74, 6) is -0.554. The summed E-state index contributed by atoms with van der Waals surface area (Å²) in [6, 6.07) is 1.10. The number of anilines is 1. The van der Waals surface area contributed by atoms with Gasteiger partial charge in [-0.15, -0.1) is 13.2 Å². The number of halogens is 4. The Balaban J connectivity index is 3.06. The van der Waals surface area contributed by atoms with Crippen molar-refractivity contribution >= 4 is 28.3 Å². The third-order valence-corrected chi connectivity index (χ3v) is 2.37. The molecule has 0 bridgehead atoms. The molecule has 0 fully saturated rings. The summed E-state index contributed by atoms with van der Waals surface area (Å²) in [5.41, 5.74) is 11.3. The Hall–Kier alpha value is -0.770. The SMILES string of the molecule is NCc1nc(OC(F)(F)F)cc(I)c1N. The minimum atomic E-state index is -4.77. The highest BCUT2D eigenvalue weighted by Gasteiger charge is 2.32. The van der Waals surface area contributed by atoms with Crippen LogP contribution in [0.1, 0.15) is 5.69 Å². The molecule has 0 aromatic carbocycles. The first-order chi connectivity index (χ1) is 6.83. The highest BCUT2D eigenvalue weighted by Crippen LogP contribution is 2.26. The average molecular weight is 333 g/mol. The fourth-order valence-electron chi connectivity index (χ4n) is 0.876. The summed E-state index contributed by atoms with van der Waals surface area (Å²) >= 11 is 1.78. The lowest BCUT2D eigenvalue weighted by Gasteiger charge is -2.11. The highest BCUT2D eigenvalue weighted by atomic mass is 127. The normalized spacial score (nSPS) is 11.5. The van der Waals surface area contributed by atoms with Crippen molar-refractivity contribution in [1.82, 2.24) is 4.98 Å². The van der Waals surface area contributed by atoms with Crippen molar-refractivity contribution in [3.63, 3.8) is 0 Å². The fourth-order valence-corrected chi connectivity index (χ4v) is 1.45. The van der Waals surface area contributed by atoms with Crippen LogP contribution in [0.3, 0.4) is 0 Å². The maximum absolute atomic E-state index is 11.9. The van der Waals surface area contributed by atoms with Gasteiger partial charge in [0.25, 0.3) is 0 Å². The first-order valence-corrected chi connectivity index (χ1v) is 4.82. The van der Waals surface area contributed by atoms with Gasteiger partial charge in [0.05, 0.1) is 11.4 Å². The number of pyridine rings is 1. The van der Waals surface area contributed by atoms with E-state index in [2.05, 4.69) is 9.72 Å². The number of nitrogens with zero attached hydrogens (tertiary/aromatic N) is 1. The van der Waals surface area contributed by atoms with Gasteiger partial charge in [0.15, 0.2) is 0 Å². The van der Waals surface area contributed by atoms with Gasteiger partial charge < -0.3 is 16.2 Å². The Morgan fingerprint density at radius 3 is 2.53 bits per heavy atom. The molecule has 0 saturated heterocycles. The van der Waals surface area contributed by atoms with E-state index >= 15 is 0 Å². The second-order valence-corrected chi connectivity index (χ2v) is 3.72. The van der Waals surface area contributed by atoms with E-state index in [0.29, 0.717) is 3.57 Å². The van der Waals surface area contributed by atoms with Crippen molar-refractivity contribution in [2.24, 2.45) is 5.73 Å². The van der Waals surface area contributed by atoms with E-state index in [4.69, 9.17) is 11.5 Å². The van der Waals surface area contributed by atoms with Crippen LogP contribution >= 0.6 is 22.6 Å². The van der Waals surface area contributed by atoms with E-state index < -0.39 is 12.2 Å². The summed E-state index contributed by atoms with van der Waals surface area (Å²) in [4.78, 5) is 3.54. The molecule has 4 nitrogen and oxygen atoms in total. The number of nitrogen functional groups attached to an aromatic ring is 1. The Kier molecular flexibility index (Phi) is 3.60. The smallest absolute Gasteiger partial charge is 0.396 e. The van der Waals surface area contributed by atoms with Crippen LogP contribution in [-0.4, -0.2) is 11.3 Å². The van der Waals surface area contributed by atoms with Crippen LogP contribution in [0.25, 0.3) is 0 Å². The van der Waals surface area contributed by atoms with Gasteiger partial charge in [0, 0.05) is 16.2 Å². The molecule has 0 aliphatic carbocycles. The van der Waals surface area contributed by atoms with Crippen LogP contribution in [0.15, 0.2) is 6.07 Å². The zero-order valence-electron chi connectivity index (χ0n) is 7.31. The molecule has 0 radical (unpaired) electrons. The first-order valence-electron chi connectivity index (χ1n) is 3.74. The van der Waals surface area contributed by atoms with Crippen LogP contribution in [-0.2, 0) is 6.54 Å². The lowest BCUT2D eigenvalue weighted by molar-refractivity contribution is -0.276. The molecule has 15 heavy (non-hydrogen) atoms. The van der Waals surface area contributed by atoms with Gasteiger partial charge in [-0.05, 0) is 22.6 Å². The van der Waals surface area contributed by atoms with Gasteiger partial charge in [-0.1, -0.05) is 0 Å². The summed E-state index contributed by atoms with van der Waals surface area (Å²) in [7, 11) is 0. The first kappa shape index (κ1) is 12.3. The van der Waals surface area contributed by atoms with Crippen molar-refractivity contribution in [1.29, 1.82) is 0 Å². The molecule has 1 rings (SSSR count). The molecule has 4 N–H and O–H groups in total. The molecule has 1 aromatic rings. The van der Waals surface area contributed by atoms with Gasteiger partial charge >= 0.3 is 6.36 Å². The highest BCUT2D eigenvalue weighted by molar-refractivity contribution is 14.1. The predicted molar refractivity (Wildman–Crippen MR) is 55.9 cm³/mol. The molecule has 0 aliphatic heterocycles.